The Morgan fingerprint density at radius 3 is 2.55 bits per heavy atom. The Morgan fingerprint density at radius 2 is 1.90 bits per heavy atom. The number of piperidine rings is 1. The second-order valence-corrected chi connectivity index (χ2v) is 6.70. The van der Waals surface area contributed by atoms with Gasteiger partial charge in [0.1, 0.15) is 5.82 Å². The molecule has 1 amide bonds. The number of aryl methyl sites for hydroxylation is 2. The van der Waals surface area contributed by atoms with Gasteiger partial charge in [0.05, 0.1) is 12.8 Å². The lowest BCUT2D eigenvalue weighted by Crippen LogP contribution is -2.41. The van der Waals surface area contributed by atoms with E-state index in [1.165, 1.54) is 12.1 Å². The van der Waals surface area contributed by atoms with Gasteiger partial charge in [0.15, 0.2) is 0 Å². The molecule has 1 saturated heterocycles. The summed E-state index contributed by atoms with van der Waals surface area (Å²) in [6.07, 6.45) is 3.12. The SMILES string of the molecule is CC.CC.Cc1ccc(C)c(C(=O)N2CCCC(COc3ccc(F)cn3)C2)c1. The Hall–Kier alpha value is -2.43. The summed E-state index contributed by atoms with van der Waals surface area (Å²) >= 11 is 0. The molecule has 1 aromatic carbocycles. The molecule has 1 atom stereocenters. The van der Waals surface area contributed by atoms with Crippen molar-refractivity contribution in [3.63, 3.8) is 0 Å². The molecule has 1 aliphatic rings. The molecule has 0 saturated carbocycles. The van der Waals surface area contributed by atoms with E-state index < -0.39 is 0 Å². The summed E-state index contributed by atoms with van der Waals surface area (Å²) in [5.41, 5.74) is 2.87. The molecular weight excluding hydrogens is 367 g/mol. The van der Waals surface area contributed by atoms with Gasteiger partial charge in [0, 0.05) is 30.6 Å². The van der Waals surface area contributed by atoms with E-state index in [1.54, 1.807) is 0 Å². The fourth-order valence-electron chi connectivity index (χ4n) is 3.17. The first kappa shape index (κ1) is 24.6. The fraction of sp³-hybridized carbons (Fsp3) is 0.500. The van der Waals surface area contributed by atoms with E-state index in [-0.39, 0.29) is 17.6 Å². The van der Waals surface area contributed by atoms with Crippen LogP contribution < -0.4 is 4.74 Å². The largest absolute Gasteiger partial charge is 0.477 e. The van der Waals surface area contributed by atoms with Crippen molar-refractivity contribution in [1.29, 1.82) is 0 Å². The zero-order valence-electron chi connectivity index (χ0n) is 18.7. The summed E-state index contributed by atoms with van der Waals surface area (Å²) in [5, 5.41) is 0. The maximum atomic E-state index is 12.9. The maximum Gasteiger partial charge on any atom is 0.254 e. The molecule has 0 aliphatic carbocycles. The molecule has 0 bridgehead atoms. The molecule has 0 N–H and O–H groups in total. The average molecular weight is 403 g/mol. The molecule has 1 aromatic heterocycles. The van der Waals surface area contributed by atoms with E-state index in [1.807, 2.05) is 64.6 Å². The van der Waals surface area contributed by atoms with E-state index in [0.717, 1.165) is 42.3 Å². The van der Waals surface area contributed by atoms with Crippen LogP contribution in [-0.4, -0.2) is 35.5 Å². The standard InChI is InChI=1S/C20H23FN2O2.2C2H6/c1-14-5-6-15(2)18(10-14)20(24)23-9-3-4-16(12-23)13-25-19-8-7-17(21)11-22-19;2*1-2/h5-8,10-11,16H,3-4,9,12-13H2,1-2H3;2*1-2H3. The van der Waals surface area contributed by atoms with E-state index >= 15 is 0 Å². The minimum absolute atomic E-state index is 0.0887. The number of likely N-dealkylation sites (tertiary alicyclic amines) is 1. The first-order valence-corrected chi connectivity index (χ1v) is 10.6. The van der Waals surface area contributed by atoms with Crippen molar-refractivity contribution in [2.75, 3.05) is 19.7 Å². The molecule has 3 rings (SSSR count). The maximum absolute atomic E-state index is 12.9. The molecule has 4 nitrogen and oxygen atoms in total. The average Bonchev–Trinajstić information content (AvgIpc) is 2.77. The number of ether oxygens (including phenoxy) is 1. The molecule has 5 heteroatoms. The Balaban J connectivity index is 0.000000989. The quantitative estimate of drug-likeness (QED) is 0.647. The second kappa shape index (κ2) is 12.9. The molecular formula is C24H35FN2O2. The summed E-state index contributed by atoms with van der Waals surface area (Å²) in [5.74, 6) is 0.384. The number of hydrogen-bond acceptors (Lipinski definition) is 3. The van der Waals surface area contributed by atoms with Gasteiger partial charge in [-0.1, -0.05) is 45.4 Å². The van der Waals surface area contributed by atoms with Crippen LogP contribution in [0.3, 0.4) is 0 Å². The molecule has 1 aliphatic heterocycles. The van der Waals surface area contributed by atoms with Gasteiger partial charge in [0.25, 0.3) is 5.91 Å². The number of amides is 1. The van der Waals surface area contributed by atoms with Crippen LogP contribution in [0.2, 0.25) is 0 Å². The number of carbonyl (C=O) groups excluding carboxylic acids is 1. The Morgan fingerprint density at radius 1 is 1.17 bits per heavy atom. The van der Waals surface area contributed by atoms with Crippen LogP contribution in [-0.2, 0) is 0 Å². The van der Waals surface area contributed by atoms with Gasteiger partial charge >= 0.3 is 0 Å². The van der Waals surface area contributed by atoms with Crippen LogP contribution in [0.15, 0.2) is 36.5 Å². The highest BCUT2D eigenvalue weighted by molar-refractivity contribution is 5.95. The van der Waals surface area contributed by atoms with Gasteiger partial charge in [0.2, 0.25) is 5.88 Å². The first-order valence-electron chi connectivity index (χ1n) is 10.6. The van der Waals surface area contributed by atoms with Crippen molar-refractivity contribution < 1.29 is 13.9 Å². The molecule has 0 radical (unpaired) electrons. The highest BCUT2D eigenvalue weighted by atomic mass is 19.1. The van der Waals surface area contributed by atoms with Crippen LogP contribution in [0, 0.1) is 25.6 Å². The number of aromatic nitrogens is 1. The zero-order valence-corrected chi connectivity index (χ0v) is 18.7. The normalized spacial score (nSPS) is 15.4. The topological polar surface area (TPSA) is 42.4 Å². The third kappa shape index (κ3) is 7.48. The fourth-order valence-corrected chi connectivity index (χ4v) is 3.17. The summed E-state index contributed by atoms with van der Waals surface area (Å²) in [6, 6.07) is 8.83. The van der Waals surface area contributed by atoms with Gasteiger partial charge in [-0.3, -0.25) is 4.79 Å². The number of hydrogen-bond donors (Lipinski definition) is 0. The summed E-state index contributed by atoms with van der Waals surface area (Å²) in [4.78, 5) is 18.7. The lowest BCUT2D eigenvalue weighted by Gasteiger charge is -2.33. The van der Waals surface area contributed by atoms with Gasteiger partial charge in [-0.15, -0.1) is 0 Å². The van der Waals surface area contributed by atoms with Crippen LogP contribution in [0.1, 0.15) is 62.0 Å². The molecule has 0 spiro atoms. The predicted molar refractivity (Wildman–Crippen MR) is 117 cm³/mol. The van der Waals surface area contributed by atoms with Gasteiger partial charge < -0.3 is 9.64 Å². The van der Waals surface area contributed by atoms with Crippen molar-refractivity contribution in [2.24, 2.45) is 5.92 Å². The molecule has 1 fully saturated rings. The lowest BCUT2D eigenvalue weighted by atomic mass is 9.97. The zero-order chi connectivity index (χ0) is 21.8. The van der Waals surface area contributed by atoms with Crippen LogP contribution in [0.4, 0.5) is 4.39 Å². The predicted octanol–water partition coefficient (Wildman–Crippen LogP) is 5.82. The summed E-state index contributed by atoms with van der Waals surface area (Å²) in [6.45, 7) is 13.9. The number of rotatable bonds is 4. The van der Waals surface area contributed by atoms with Crippen molar-refractivity contribution >= 4 is 5.91 Å². The number of nitrogens with zero attached hydrogens (tertiary/aromatic N) is 2. The van der Waals surface area contributed by atoms with Crippen LogP contribution >= 0.6 is 0 Å². The van der Waals surface area contributed by atoms with E-state index in [0.29, 0.717) is 19.0 Å². The van der Waals surface area contributed by atoms with Crippen LogP contribution in [0.5, 0.6) is 5.88 Å². The van der Waals surface area contributed by atoms with E-state index in [4.69, 9.17) is 4.74 Å². The van der Waals surface area contributed by atoms with Gasteiger partial charge in [-0.25, -0.2) is 9.37 Å². The first-order chi connectivity index (χ1) is 14.0. The third-order valence-corrected chi connectivity index (χ3v) is 4.60. The smallest absolute Gasteiger partial charge is 0.254 e. The van der Waals surface area contributed by atoms with Gasteiger partial charge in [-0.2, -0.15) is 0 Å². The highest BCUT2D eigenvalue weighted by Gasteiger charge is 2.25. The highest BCUT2D eigenvalue weighted by Crippen LogP contribution is 2.21. The van der Waals surface area contributed by atoms with Gasteiger partial charge in [-0.05, 0) is 44.4 Å². The molecule has 2 heterocycles. The number of benzene rings is 1. The Kier molecular flexibility index (Phi) is 11.0. The van der Waals surface area contributed by atoms with E-state index in [9.17, 15) is 9.18 Å². The van der Waals surface area contributed by atoms with Crippen LogP contribution in [0.25, 0.3) is 0 Å². The molecule has 29 heavy (non-hydrogen) atoms. The third-order valence-electron chi connectivity index (χ3n) is 4.60. The monoisotopic (exact) mass is 402 g/mol. The Labute approximate surface area is 175 Å². The van der Waals surface area contributed by atoms with Crippen molar-refractivity contribution in [3.05, 3.63) is 59.0 Å². The molecule has 2 aromatic rings. The van der Waals surface area contributed by atoms with Crippen molar-refractivity contribution in [1.82, 2.24) is 9.88 Å². The minimum Gasteiger partial charge on any atom is -0.477 e. The number of halogens is 1. The summed E-state index contributed by atoms with van der Waals surface area (Å²) < 4.78 is 18.5. The van der Waals surface area contributed by atoms with E-state index in [2.05, 4.69) is 4.98 Å². The van der Waals surface area contributed by atoms with Crippen molar-refractivity contribution in [2.45, 2.75) is 54.4 Å². The number of pyridine rings is 1. The Bertz CT molecular complexity index is 747. The number of carbonyl (C=O) groups is 1. The second-order valence-electron chi connectivity index (χ2n) is 6.70. The molecule has 1 unspecified atom stereocenters. The van der Waals surface area contributed by atoms with Crippen molar-refractivity contribution in [3.8, 4) is 5.88 Å². The summed E-state index contributed by atoms with van der Waals surface area (Å²) in [7, 11) is 0. The minimum atomic E-state index is -0.379. The lowest BCUT2D eigenvalue weighted by molar-refractivity contribution is 0.0630. The molecule has 160 valence electrons.